The number of hydrogen-bond donors (Lipinski definition) is 1. The number of nitrogens with zero attached hydrogens (tertiary/aromatic N) is 3. The predicted molar refractivity (Wildman–Crippen MR) is 130 cm³/mol. The number of fused-ring (bicyclic) bond motifs is 1. The molecule has 0 bridgehead atoms. The molecule has 4 rings (SSSR count). The number of hydrogen-bond acceptors (Lipinski definition) is 8. The lowest BCUT2D eigenvalue weighted by molar-refractivity contribution is -0.139. The van der Waals surface area contributed by atoms with E-state index in [9.17, 15) is 9.59 Å². The number of benzene rings is 2. The van der Waals surface area contributed by atoms with Crippen molar-refractivity contribution in [3.8, 4) is 0 Å². The first-order chi connectivity index (χ1) is 16.5. The number of carbonyl (C=O) groups is 2. The number of allylic oxidation sites excluding steroid dienone is 1. The van der Waals surface area contributed by atoms with Crippen molar-refractivity contribution in [2.45, 2.75) is 37.2 Å². The van der Waals surface area contributed by atoms with Gasteiger partial charge in [0.15, 0.2) is 0 Å². The van der Waals surface area contributed by atoms with Crippen molar-refractivity contribution < 1.29 is 19.1 Å². The van der Waals surface area contributed by atoms with Crippen LogP contribution in [0.15, 0.2) is 71.0 Å². The van der Waals surface area contributed by atoms with Crippen LogP contribution in [0.25, 0.3) is 0 Å². The van der Waals surface area contributed by atoms with Crippen molar-refractivity contribution in [1.29, 1.82) is 0 Å². The van der Waals surface area contributed by atoms with Gasteiger partial charge in [-0.25, -0.2) is 14.3 Å². The zero-order valence-electron chi connectivity index (χ0n) is 19.3. The molecule has 2 aromatic carbocycles. The van der Waals surface area contributed by atoms with Crippen molar-refractivity contribution in [2.24, 2.45) is 0 Å². The molecule has 1 aromatic heterocycles. The average molecular weight is 479 g/mol. The van der Waals surface area contributed by atoms with E-state index in [1.54, 1.807) is 28.9 Å². The van der Waals surface area contributed by atoms with Gasteiger partial charge in [0.1, 0.15) is 6.04 Å². The molecule has 176 valence electrons. The smallest absolute Gasteiger partial charge is 0.338 e. The largest absolute Gasteiger partial charge is 0.465 e. The minimum Gasteiger partial charge on any atom is -0.465 e. The number of ether oxygens (including phenoxy) is 2. The van der Waals surface area contributed by atoms with Gasteiger partial charge in [-0.05, 0) is 36.6 Å². The first kappa shape index (κ1) is 23.6. The summed E-state index contributed by atoms with van der Waals surface area (Å²) in [6, 6.07) is 16.5. The Morgan fingerprint density at radius 2 is 1.82 bits per heavy atom. The molecule has 1 atom stereocenters. The Labute approximate surface area is 202 Å². The Balaban J connectivity index is 1.69. The minimum absolute atomic E-state index is 0.325. The summed E-state index contributed by atoms with van der Waals surface area (Å²) in [6.45, 7) is 4.10. The third kappa shape index (κ3) is 4.99. The number of esters is 2. The Morgan fingerprint density at radius 3 is 2.50 bits per heavy atom. The van der Waals surface area contributed by atoms with Gasteiger partial charge in [-0.1, -0.05) is 61.2 Å². The molecular weight excluding hydrogens is 452 g/mol. The number of nitrogens with one attached hydrogen (secondary N) is 1. The summed E-state index contributed by atoms with van der Waals surface area (Å²) < 4.78 is 12.0. The molecule has 9 heteroatoms. The van der Waals surface area contributed by atoms with Gasteiger partial charge < -0.3 is 14.8 Å². The van der Waals surface area contributed by atoms with Gasteiger partial charge in [0, 0.05) is 11.4 Å². The van der Waals surface area contributed by atoms with Gasteiger partial charge >= 0.3 is 11.9 Å². The van der Waals surface area contributed by atoms with Crippen LogP contribution in [-0.2, 0) is 20.0 Å². The van der Waals surface area contributed by atoms with Crippen LogP contribution in [-0.4, -0.2) is 40.4 Å². The van der Waals surface area contributed by atoms with E-state index in [0.717, 1.165) is 17.7 Å². The number of aromatic nitrogens is 3. The average Bonchev–Trinajstić information content (AvgIpc) is 3.27. The second-order valence-electron chi connectivity index (χ2n) is 7.75. The summed E-state index contributed by atoms with van der Waals surface area (Å²) >= 11 is 1.52. The standard InChI is InChI=1S/C25H26N4O4S/c1-4-14-33-23(31)20-16(2)26-24-27-25(34-15-17-8-6-5-7-9-17)28-29(24)21(20)18-10-12-19(13-11-18)22(30)32-3/h5-13,21H,4,14-15H2,1-3H3,(H,26,27,28). The van der Waals surface area contributed by atoms with Crippen molar-refractivity contribution in [2.75, 3.05) is 19.0 Å². The third-order valence-corrected chi connectivity index (χ3v) is 6.26. The fourth-order valence-corrected chi connectivity index (χ4v) is 4.46. The third-order valence-electron chi connectivity index (χ3n) is 5.35. The second-order valence-corrected chi connectivity index (χ2v) is 8.70. The lowest BCUT2D eigenvalue weighted by Gasteiger charge is -2.28. The molecule has 0 saturated carbocycles. The highest BCUT2D eigenvalue weighted by Crippen LogP contribution is 2.37. The molecule has 1 unspecified atom stereocenters. The summed E-state index contributed by atoms with van der Waals surface area (Å²) in [5.41, 5.74) is 3.48. The summed E-state index contributed by atoms with van der Waals surface area (Å²) in [6.07, 6.45) is 0.721. The molecular formula is C25H26N4O4S. The Kier molecular flexibility index (Phi) is 7.32. The topological polar surface area (TPSA) is 95.3 Å². The maximum atomic E-state index is 13.0. The van der Waals surface area contributed by atoms with Gasteiger partial charge in [-0.15, -0.1) is 5.10 Å². The minimum atomic E-state index is -0.550. The maximum absolute atomic E-state index is 13.0. The highest BCUT2D eigenvalue weighted by molar-refractivity contribution is 7.98. The van der Waals surface area contributed by atoms with Crippen molar-refractivity contribution in [1.82, 2.24) is 14.8 Å². The van der Waals surface area contributed by atoms with Crippen molar-refractivity contribution in [3.63, 3.8) is 0 Å². The number of carbonyl (C=O) groups excluding carboxylic acids is 2. The zero-order chi connectivity index (χ0) is 24.1. The van der Waals surface area contributed by atoms with Crippen LogP contribution in [0.1, 0.15) is 47.8 Å². The van der Waals surface area contributed by atoms with Crippen molar-refractivity contribution in [3.05, 3.63) is 82.6 Å². The van der Waals surface area contributed by atoms with Crippen LogP contribution < -0.4 is 5.32 Å². The van der Waals surface area contributed by atoms with Gasteiger partial charge in [0.2, 0.25) is 11.1 Å². The van der Waals surface area contributed by atoms with Gasteiger partial charge in [-0.3, -0.25) is 0 Å². The summed E-state index contributed by atoms with van der Waals surface area (Å²) in [5, 5.41) is 8.52. The molecule has 34 heavy (non-hydrogen) atoms. The molecule has 1 N–H and O–H groups in total. The summed E-state index contributed by atoms with van der Waals surface area (Å²) in [5.74, 6) is 0.434. The quantitative estimate of drug-likeness (QED) is 0.371. The monoisotopic (exact) mass is 478 g/mol. The lowest BCUT2D eigenvalue weighted by atomic mass is 9.95. The molecule has 1 aliphatic heterocycles. The van der Waals surface area contributed by atoms with Gasteiger partial charge in [-0.2, -0.15) is 4.98 Å². The van der Waals surface area contributed by atoms with E-state index in [1.807, 2.05) is 32.0 Å². The highest BCUT2D eigenvalue weighted by Gasteiger charge is 2.35. The molecule has 1 aliphatic rings. The van der Waals surface area contributed by atoms with E-state index in [0.29, 0.717) is 34.5 Å². The van der Waals surface area contributed by atoms with Crippen LogP contribution in [0.3, 0.4) is 0 Å². The van der Waals surface area contributed by atoms with E-state index in [1.165, 1.54) is 24.4 Å². The molecule has 8 nitrogen and oxygen atoms in total. The maximum Gasteiger partial charge on any atom is 0.338 e. The van der Waals surface area contributed by atoms with E-state index < -0.39 is 18.0 Å². The number of thioether (sulfide) groups is 1. The fraction of sp³-hybridized carbons (Fsp3) is 0.280. The Morgan fingerprint density at radius 1 is 1.09 bits per heavy atom. The molecule has 2 heterocycles. The van der Waals surface area contributed by atoms with E-state index in [2.05, 4.69) is 22.4 Å². The van der Waals surface area contributed by atoms with Crippen LogP contribution in [0.4, 0.5) is 5.95 Å². The molecule has 0 saturated heterocycles. The highest BCUT2D eigenvalue weighted by atomic mass is 32.2. The van der Waals surface area contributed by atoms with E-state index in [-0.39, 0.29) is 0 Å². The molecule has 0 spiro atoms. The van der Waals surface area contributed by atoms with Crippen molar-refractivity contribution >= 4 is 29.6 Å². The fourth-order valence-electron chi connectivity index (χ4n) is 3.68. The first-order valence-electron chi connectivity index (χ1n) is 11.0. The van der Waals surface area contributed by atoms with Gasteiger partial charge in [0.25, 0.3) is 0 Å². The SMILES string of the molecule is CCCOC(=O)C1=C(C)Nc2nc(SCc3ccccc3)nn2C1c1ccc(C(=O)OC)cc1. The lowest BCUT2D eigenvalue weighted by Crippen LogP contribution is -2.29. The Hall–Kier alpha value is -3.59. The van der Waals surface area contributed by atoms with Crippen LogP contribution in [0, 0.1) is 0 Å². The first-order valence-corrected chi connectivity index (χ1v) is 12.0. The van der Waals surface area contributed by atoms with Crippen LogP contribution >= 0.6 is 11.8 Å². The van der Waals surface area contributed by atoms with Gasteiger partial charge in [0.05, 0.1) is 24.9 Å². The molecule has 0 amide bonds. The van der Waals surface area contributed by atoms with Crippen LogP contribution in [0.2, 0.25) is 0 Å². The van der Waals surface area contributed by atoms with Crippen LogP contribution in [0.5, 0.6) is 0 Å². The predicted octanol–water partition coefficient (Wildman–Crippen LogP) is 4.60. The molecule has 3 aromatic rings. The molecule has 0 radical (unpaired) electrons. The molecule has 0 fully saturated rings. The summed E-state index contributed by atoms with van der Waals surface area (Å²) in [7, 11) is 1.34. The van der Waals surface area contributed by atoms with E-state index in [4.69, 9.17) is 14.6 Å². The number of methoxy groups -OCH3 is 1. The normalized spacial score (nSPS) is 14.9. The number of rotatable bonds is 8. The second kappa shape index (κ2) is 10.6. The number of anilines is 1. The zero-order valence-corrected chi connectivity index (χ0v) is 20.1. The van der Waals surface area contributed by atoms with E-state index >= 15 is 0 Å². The molecule has 0 aliphatic carbocycles. The summed E-state index contributed by atoms with van der Waals surface area (Å²) in [4.78, 5) is 29.6. The Bertz CT molecular complexity index is 1210.